The van der Waals surface area contributed by atoms with E-state index in [1.807, 2.05) is 36.4 Å². The fourth-order valence-corrected chi connectivity index (χ4v) is 7.32. The molecular formula is C46H32BrN5O. The molecule has 6 nitrogen and oxygen atoms in total. The molecule has 0 fully saturated rings. The largest absolute Gasteiger partial charge is 0.354 e. The molecule has 0 saturated carbocycles. The van der Waals surface area contributed by atoms with E-state index in [0.717, 1.165) is 89.4 Å². The predicted molar refractivity (Wildman–Crippen MR) is 223 cm³/mol. The molecule has 7 heteroatoms. The van der Waals surface area contributed by atoms with Crippen LogP contribution in [0.2, 0.25) is 0 Å². The molecule has 0 unspecified atom stereocenters. The van der Waals surface area contributed by atoms with Gasteiger partial charge in [0.05, 0.1) is 28.1 Å². The first-order valence-corrected chi connectivity index (χ1v) is 18.5. The summed E-state index contributed by atoms with van der Waals surface area (Å²) < 4.78 is 0. The number of nitrogens with zero attached hydrogens (tertiary/aromatic N) is 2. The van der Waals surface area contributed by atoms with Crippen molar-refractivity contribution in [3.05, 3.63) is 162 Å². The molecule has 9 rings (SSSR count). The number of rotatable bonds is 6. The van der Waals surface area contributed by atoms with Crippen molar-refractivity contribution in [1.82, 2.24) is 19.9 Å². The molecule has 3 aromatic heterocycles. The van der Waals surface area contributed by atoms with Crippen LogP contribution in [0.15, 0.2) is 140 Å². The second kappa shape index (κ2) is 13.9. The van der Waals surface area contributed by atoms with Gasteiger partial charge in [-0.3, -0.25) is 4.79 Å². The van der Waals surface area contributed by atoms with Crippen molar-refractivity contribution >= 4 is 73.9 Å². The molecule has 53 heavy (non-hydrogen) atoms. The minimum absolute atomic E-state index is 0.121. The molecule has 7 aromatic rings. The Morgan fingerprint density at radius 1 is 0.472 bits per heavy atom. The molecule has 2 aliphatic heterocycles. The quantitative estimate of drug-likeness (QED) is 0.148. The van der Waals surface area contributed by atoms with E-state index >= 15 is 0 Å². The number of amides is 1. The summed E-state index contributed by atoms with van der Waals surface area (Å²) in [5.41, 5.74) is 15.8. The molecule has 0 aliphatic carbocycles. The van der Waals surface area contributed by atoms with Gasteiger partial charge in [-0.2, -0.15) is 0 Å². The number of hydrogen-bond donors (Lipinski definition) is 3. The molecule has 254 valence electrons. The van der Waals surface area contributed by atoms with Crippen molar-refractivity contribution in [3.8, 4) is 44.5 Å². The standard InChI is InChI=1S/C46H32BrN5O/c47-28-42(53)48-33-18-10-17-32(27-33)46-40-25-23-38(51-40)44(30-13-6-2-7-14-30)36-21-19-34(49-36)43(29-11-4-1-5-12-29)35-20-22-37(50-35)45(31-15-8-3-9-16-31)39-24-26-41(46)52-39/h1-27,49,52H,28H2,(H,48,53). The van der Waals surface area contributed by atoms with E-state index in [9.17, 15) is 4.79 Å². The van der Waals surface area contributed by atoms with E-state index in [1.165, 1.54) is 0 Å². The topological polar surface area (TPSA) is 86.5 Å². The molecule has 0 atom stereocenters. The number of aromatic amines is 2. The second-order valence-corrected chi connectivity index (χ2v) is 13.4. The molecule has 0 saturated heterocycles. The van der Waals surface area contributed by atoms with E-state index in [2.05, 4.69) is 159 Å². The normalized spacial score (nSPS) is 11.9. The summed E-state index contributed by atoms with van der Waals surface area (Å²) in [6.07, 6.45) is 8.38. The molecule has 1 amide bonds. The zero-order valence-electron chi connectivity index (χ0n) is 28.5. The van der Waals surface area contributed by atoms with Gasteiger partial charge in [0.2, 0.25) is 5.91 Å². The van der Waals surface area contributed by atoms with Gasteiger partial charge in [0.1, 0.15) is 0 Å². The average molecular weight is 751 g/mol. The third-order valence-electron chi connectivity index (χ3n) is 9.50. The van der Waals surface area contributed by atoms with E-state index in [0.29, 0.717) is 5.69 Å². The van der Waals surface area contributed by atoms with Crippen LogP contribution in [0.5, 0.6) is 0 Å². The highest BCUT2D eigenvalue weighted by Crippen LogP contribution is 2.38. The van der Waals surface area contributed by atoms with Crippen LogP contribution in [-0.2, 0) is 4.79 Å². The first kappa shape index (κ1) is 32.3. The lowest BCUT2D eigenvalue weighted by molar-refractivity contribution is -0.113. The molecule has 4 aromatic carbocycles. The number of carbonyl (C=O) groups excluding carboxylic acids is 1. The fourth-order valence-electron chi connectivity index (χ4n) is 7.18. The number of alkyl halides is 1. The molecule has 8 bridgehead atoms. The van der Waals surface area contributed by atoms with E-state index in [4.69, 9.17) is 9.97 Å². The van der Waals surface area contributed by atoms with Crippen LogP contribution >= 0.6 is 15.9 Å². The van der Waals surface area contributed by atoms with Crippen molar-refractivity contribution in [1.29, 1.82) is 0 Å². The Labute approximate surface area is 314 Å². The second-order valence-electron chi connectivity index (χ2n) is 12.9. The number of benzene rings is 4. The summed E-state index contributed by atoms with van der Waals surface area (Å²) in [7, 11) is 0. The van der Waals surface area contributed by atoms with Gasteiger partial charge in [0.15, 0.2) is 0 Å². The predicted octanol–water partition coefficient (Wildman–Crippen LogP) is 11.7. The zero-order valence-corrected chi connectivity index (χ0v) is 30.1. The number of carbonyl (C=O) groups is 1. The molecular weight excluding hydrogens is 718 g/mol. The van der Waals surface area contributed by atoms with Gasteiger partial charge in [0.25, 0.3) is 0 Å². The van der Waals surface area contributed by atoms with Gasteiger partial charge in [0, 0.05) is 50.0 Å². The number of halogens is 1. The van der Waals surface area contributed by atoms with Crippen LogP contribution in [0.4, 0.5) is 5.69 Å². The maximum Gasteiger partial charge on any atom is 0.235 e. The van der Waals surface area contributed by atoms with Crippen molar-refractivity contribution in [2.75, 3.05) is 10.6 Å². The third kappa shape index (κ3) is 6.21. The van der Waals surface area contributed by atoms with Crippen LogP contribution in [0.25, 0.3) is 90.9 Å². The molecule has 0 radical (unpaired) electrons. The maximum absolute atomic E-state index is 12.4. The fraction of sp³-hybridized carbons (Fsp3) is 0.0217. The van der Waals surface area contributed by atoms with E-state index in [1.54, 1.807) is 0 Å². The summed E-state index contributed by atoms with van der Waals surface area (Å²) in [6.45, 7) is 0. The van der Waals surface area contributed by atoms with E-state index in [-0.39, 0.29) is 11.2 Å². The number of anilines is 1. The number of nitrogens with one attached hydrogen (secondary N) is 3. The highest BCUT2D eigenvalue weighted by molar-refractivity contribution is 9.09. The van der Waals surface area contributed by atoms with Gasteiger partial charge in [-0.25, -0.2) is 9.97 Å². The van der Waals surface area contributed by atoms with Gasteiger partial charge < -0.3 is 15.3 Å². The lowest BCUT2D eigenvalue weighted by Crippen LogP contribution is -2.12. The Kier molecular flexibility index (Phi) is 8.46. The molecule has 5 heterocycles. The van der Waals surface area contributed by atoms with Crippen molar-refractivity contribution in [2.45, 2.75) is 0 Å². The number of H-pyrrole nitrogens is 2. The Morgan fingerprint density at radius 3 is 1.21 bits per heavy atom. The number of aromatic nitrogens is 4. The molecule has 0 spiro atoms. The average Bonchev–Trinajstić information content (AvgIpc) is 4.04. The van der Waals surface area contributed by atoms with Crippen LogP contribution in [0.3, 0.4) is 0 Å². The van der Waals surface area contributed by atoms with Crippen LogP contribution in [0.1, 0.15) is 22.8 Å². The van der Waals surface area contributed by atoms with Crippen LogP contribution < -0.4 is 5.32 Å². The summed E-state index contributed by atoms with van der Waals surface area (Å²) >= 11 is 3.27. The van der Waals surface area contributed by atoms with Crippen molar-refractivity contribution < 1.29 is 4.79 Å². The van der Waals surface area contributed by atoms with Crippen LogP contribution in [-0.4, -0.2) is 31.2 Å². The number of hydrogen-bond acceptors (Lipinski definition) is 3. The van der Waals surface area contributed by atoms with Crippen molar-refractivity contribution in [3.63, 3.8) is 0 Å². The summed E-state index contributed by atoms with van der Waals surface area (Å²) in [6, 6.07) is 47.6. The van der Waals surface area contributed by atoms with Crippen molar-refractivity contribution in [2.24, 2.45) is 0 Å². The first-order valence-electron chi connectivity index (χ1n) is 17.4. The van der Waals surface area contributed by atoms with Gasteiger partial charge in [-0.05, 0) is 83.0 Å². The highest BCUT2D eigenvalue weighted by atomic mass is 79.9. The Hall–Kier alpha value is -6.57. The van der Waals surface area contributed by atoms with Gasteiger partial charge in [-0.1, -0.05) is 119 Å². The summed E-state index contributed by atoms with van der Waals surface area (Å²) in [5, 5.41) is 3.20. The number of fused-ring (bicyclic) bond motifs is 8. The zero-order chi connectivity index (χ0) is 35.7. The minimum Gasteiger partial charge on any atom is -0.354 e. The highest BCUT2D eigenvalue weighted by Gasteiger charge is 2.19. The smallest absolute Gasteiger partial charge is 0.235 e. The third-order valence-corrected chi connectivity index (χ3v) is 10.0. The Morgan fingerprint density at radius 2 is 0.830 bits per heavy atom. The van der Waals surface area contributed by atoms with Gasteiger partial charge in [-0.15, -0.1) is 0 Å². The van der Waals surface area contributed by atoms with E-state index < -0.39 is 0 Å². The minimum atomic E-state index is -0.121. The van der Waals surface area contributed by atoms with Crippen LogP contribution in [0, 0.1) is 0 Å². The Balaban J connectivity index is 1.44. The molecule has 3 N–H and O–H groups in total. The maximum atomic E-state index is 12.4. The lowest BCUT2D eigenvalue weighted by Gasteiger charge is -2.09. The van der Waals surface area contributed by atoms with Gasteiger partial charge >= 0.3 is 0 Å². The lowest BCUT2D eigenvalue weighted by atomic mass is 10.0. The first-order chi connectivity index (χ1) is 26.1. The summed E-state index contributed by atoms with van der Waals surface area (Å²) in [5.74, 6) is -0.121. The summed E-state index contributed by atoms with van der Waals surface area (Å²) in [4.78, 5) is 30.7. The Bertz CT molecular complexity index is 2710. The SMILES string of the molecule is O=C(CBr)Nc1cccc(-c2c3nc(c(-c4ccccc4)c4ccc([nH]4)c(-c4ccccc4)c4nc(c(-c5ccccc5)c5ccc2[nH]5)C=C4)C=C3)c1. The monoisotopic (exact) mass is 749 g/mol. The molecule has 2 aliphatic rings.